The van der Waals surface area contributed by atoms with Gasteiger partial charge in [0.15, 0.2) is 17.5 Å². The first-order valence-electron chi connectivity index (χ1n) is 20.3. The van der Waals surface area contributed by atoms with Crippen LogP contribution in [0.25, 0.3) is 111 Å². The zero-order valence-electron chi connectivity index (χ0n) is 32.7. The molecule has 1 aromatic heterocycles. The van der Waals surface area contributed by atoms with E-state index in [0.29, 0.717) is 17.5 Å². The van der Waals surface area contributed by atoms with Crippen LogP contribution in [-0.2, 0) is 0 Å². The first-order chi connectivity index (χ1) is 29.7. The van der Waals surface area contributed by atoms with Crippen molar-refractivity contribution in [2.45, 2.75) is 0 Å². The third kappa shape index (κ3) is 6.49. The summed E-state index contributed by atoms with van der Waals surface area (Å²) in [5, 5.41) is 7.18. The highest BCUT2D eigenvalue weighted by Crippen LogP contribution is 2.38. The van der Waals surface area contributed by atoms with Gasteiger partial charge < -0.3 is 0 Å². The minimum Gasteiger partial charge on any atom is -0.208 e. The number of benzene rings is 10. The van der Waals surface area contributed by atoms with Gasteiger partial charge in [-0.15, -0.1) is 0 Å². The highest BCUT2D eigenvalue weighted by molar-refractivity contribution is 6.05. The summed E-state index contributed by atoms with van der Waals surface area (Å²) in [4.78, 5) is 15.6. The lowest BCUT2D eigenvalue weighted by Crippen LogP contribution is -2.00. The maximum atomic E-state index is 5.24. The lowest BCUT2D eigenvalue weighted by Gasteiger charge is -2.14. The lowest BCUT2D eigenvalue weighted by atomic mass is 9.91. The largest absolute Gasteiger partial charge is 0.208 e. The van der Waals surface area contributed by atoms with Crippen molar-refractivity contribution in [2.24, 2.45) is 0 Å². The van der Waals surface area contributed by atoms with Crippen molar-refractivity contribution in [3.8, 4) is 78.7 Å². The Labute approximate surface area is 349 Å². The molecule has 60 heavy (non-hydrogen) atoms. The Bertz CT molecular complexity index is 3350. The van der Waals surface area contributed by atoms with Gasteiger partial charge in [-0.2, -0.15) is 0 Å². The molecule has 11 rings (SSSR count). The molecule has 0 saturated heterocycles. The molecule has 0 bridgehead atoms. The SMILES string of the molecule is c1ccc(-c2cccc3ccc(-c4nc(-c5ccc(-c6cccc7ccccc67)cc5)nc(-c5cccc(-c6ccc(-c7ccccc7)c7ccccc67)c5)n4)cc23)cc1. The van der Waals surface area contributed by atoms with E-state index >= 15 is 0 Å². The van der Waals surface area contributed by atoms with Crippen LogP contribution >= 0.6 is 0 Å². The van der Waals surface area contributed by atoms with Crippen LogP contribution in [-0.4, -0.2) is 15.0 Å². The first-order valence-corrected chi connectivity index (χ1v) is 20.3. The molecule has 0 aliphatic heterocycles. The molecule has 0 fully saturated rings. The van der Waals surface area contributed by atoms with E-state index in [1.54, 1.807) is 0 Å². The van der Waals surface area contributed by atoms with Crippen molar-refractivity contribution < 1.29 is 0 Å². The zero-order chi connectivity index (χ0) is 39.8. The third-order valence-electron chi connectivity index (χ3n) is 11.5. The van der Waals surface area contributed by atoms with Crippen LogP contribution in [0.15, 0.2) is 224 Å². The summed E-state index contributed by atoms with van der Waals surface area (Å²) < 4.78 is 0. The topological polar surface area (TPSA) is 38.7 Å². The van der Waals surface area contributed by atoms with E-state index in [2.05, 4.69) is 224 Å². The second kappa shape index (κ2) is 15.1. The Morgan fingerprint density at radius 1 is 0.200 bits per heavy atom. The molecule has 0 radical (unpaired) electrons. The minimum absolute atomic E-state index is 0.622. The molecule has 0 atom stereocenters. The number of rotatable bonds is 7. The van der Waals surface area contributed by atoms with Crippen molar-refractivity contribution in [1.82, 2.24) is 15.0 Å². The smallest absolute Gasteiger partial charge is 0.164 e. The molecule has 0 aliphatic rings. The molecular formula is C57H37N3. The molecule has 280 valence electrons. The number of nitrogens with zero attached hydrogens (tertiary/aromatic N) is 3. The van der Waals surface area contributed by atoms with E-state index < -0.39 is 0 Å². The molecule has 10 aromatic carbocycles. The first kappa shape index (κ1) is 35.2. The van der Waals surface area contributed by atoms with Gasteiger partial charge >= 0.3 is 0 Å². The Balaban J connectivity index is 1.06. The van der Waals surface area contributed by atoms with Crippen LogP contribution in [0.2, 0.25) is 0 Å². The minimum atomic E-state index is 0.622. The number of aromatic nitrogens is 3. The predicted molar refractivity (Wildman–Crippen MR) is 250 cm³/mol. The summed E-state index contributed by atoms with van der Waals surface area (Å²) in [6, 6.07) is 79.5. The second-order valence-corrected chi connectivity index (χ2v) is 15.2. The molecule has 3 nitrogen and oxygen atoms in total. The van der Waals surface area contributed by atoms with Crippen molar-refractivity contribution in [3.63, 3.8) is 0 Å². The third-order valence-corrected chi connectivity index (χ3v) is 11.5. The molecule has 0 N–H and O–H groups in total. The quantitative estimate of drug-likeness (QED) is 0.162. The van der Waals surface area contributed by atoms with Crippen LogP contribution in [0.5, 0.6) is 0 Å². The zero-order valence-corrected chi connectivity index (χ0v) is 32.7. The number of hydrogen-bond donors (Lipinski definition) is 0. The van der Waals surface area contributed by atoms with Crippen LogP contribution in [0.3, 0.4) is 0 Å². The van der Waals surface area contributed by atoms with Gasteiger partial charge in [-0.1, -0.05) is 212 Å². The molecular weight excluding hydrogens is 727 g/mol. The summed E-state index contributed by atoms with van der Waals surface area (Å²) in [6.07, 6.45) is 0. The standard InChI is InChI=1S/C57H37N3/c1-3-14-38(15-4-1)49-27-13-20-41-30-33-46(37-54(41)49)57-59-55(43-31-28-42(29-32-43)48-26-12-19-40-18-7-8-23-47(40)48)58-56(60-57)45-22-11-21-44(36-45)51-35-34-50(39-16-5-2-6-17-39)52-24-9-10-25-53(51)52/h1-37H. The second-order valence-electron chi connectivity index (χ2n) is 15.2. The van der Waals surface area contributed by atoms with E-state index in [9.17, 15) is 0 Å². The van der Waals surface area contributed by atoms with Crippen LogP contribution in [0.4, 0.5) is 0 Å². The molecule has 0 aliphatic carbocycles. The number of hydrogen-bond acceptors (Lipinski definition) is 3. The predicted octanol–water partition coefficient (Wildman–Crippen LogP) is 15.0. The van der Waals surface area contributed by atoms with Gasteiger partial charge in [0.05, 0.1) is 0 Å². The van der Waals surface area contributed by atoms with Gasteiger partial charge in [0, 0.05) is 16.7 Å². The fourth-order valence-electron chi connectivity index (χ4n) is 8.57. The van der Waals surface area contributed by atoms with Crippen molar-refractivity contribution in [1.29, 1.82) is 0 Å². The molecule has 3 heteroatoms. The fraction of sp³-hybridized carbons (Fsp3) is 0. The fourth-order valence-corrected chi connectivity index (χ4v) is 8.57. The van der Waals surface area contributed by atoms with Gasteiger partial charge in [-0.25, -0.2) is 15.0 Å². The maximum absolute atomic E-state index is 5.24. The lowest BCUT2D eigenvalue weighted by molar-refractivity contribution is 1.07. The number of fused-ring (bicyclic) bond motifs is 3. The Morgan fingerprint density at radius 2 is 0.583 bits per heavy atom. The Hall–Kier alpha value is -8.01. The average Bonchev–Trinajstić information content (AvgIpc) is 3.33. The molecule has 1 heterocycles. The summed E-state index contributed by atoms with van der Waals surface area (Å²) in [5.74, 6) is 1.87. The molecule has 11 aromatic rings. The summed E-state index contributed by atoms with van der Waals surface area (Å²) in [7, 11) is 0. The van der Waals surface area contributed by atoms with Crippen molar-refractivity contribution >= 4 is 32.3 Å². The van der Waals surface area contributed by atoms with E-state index in [1.807, 2.05) is 0 Å². The van der Waals surface area contributed by atoms with Crippen molar-refractivity contribution in [3.05, 3.63) is 224 Å². The average molecular weight is 764 g/mol. The van der Waals surface area contributed by atoms with E-state index in [4.69, 9.17) is 15.0 Å². The van der Waals surface area contributed by atoms with Gasteiger partial charge in [0.1, 0.15) is 0 Å². The van der Waals surface area contributed by atoms with Gasteiger partial charge in [-0.05, 0) is 89.0 Å². The highest BCUT2D eigenvalue weighted by atomic mass is 15.0. The summed E-state index contributed by atoms with van der Waals surface area (Å²) in [5.41, 5.74) is 12.1. The molecule has 0 saturated carbocycles. The van der Waals surface area contributed by atoms with Crippen LogP contribution < -0.4 is 0 Å². The molecule has 0 spiro atoms. The highest BCUT2D eigenvalue weighted by Gasteiger charge is 2.16. The Morgan fingerprint density at radius 3 is 1.23 bits per heavy atom. The van der Waals surface area contributed by atoms with E-state index in [1.165, 1.54) is 49.4 Å². The van der Waals surface area contributed by atoms with Gasteiger partial charge in [0.2, 0.25) is 0 Å². The molecule has 0 amide bonds. The van der Waals surface area contributed by atoms with Crippen LogP contribution in [0.1, 0.15) is 0 Å². The van der Waals surface area contributed by atoms with Crippen LogP contribution in [0, 0.1) is 0 Å². The Kier molecular flexibility index (Phi) is 8.83. The van der Waals surface area contributed by atoms with Crippen molar-refractivity contribution in [2.75, 3.05) is 0 Å². The van der Waals surface area contributed by atoms with E-state index in [0.717, 1.165) is 44.2 Å². The monoisotopic (exact) mass is 763 g/mol. The maximum Gasteiger partial charge on any atom is 0.164 e. The van der Waals surface area contributed by atoms with E-state index in [-0.39, 0.29) is 0 Å². The summed E-state index contributed by atoms with van der Waals surface area (Å²) in [6.45, 7) is 0. The summed E-state index contributed by atoms with van der Waals surface area (Å²) >= 11 is 0. The molecule has 0 unspecified atom stereocenters. The van der Waals surface area contributed by atoms with Gasteiger partial charge in [-0.3, -0.25) is 0 Å². The van der Waals surface area contributed by atoms with Gasteiger partial charge in [0.25, 0.3) is 0 Å². The normalized spacial score (nSPS) is 11.3.